The molecule has 0 aliphatic carbocycles. The molecular formula is C16H24N2O. The van der Waals surface area contributed by atoms with Gasteiger partial charge in [-0.3, -0.25) is 4.79 Å². The number of hydrogen-bond acceptors (Lipinski definition) is 2. The molecule has 1 aromatic rings. The fourth-order valence-electron chi connectivity index (χ4n) is 1.97. The van der Waals surface area contributed by atoms with E-state index in [2.05, 4.69) is 19.2 Å². The first-order valence-electron chi connectivity index (χ1n) is 6.83. The molecule has 0 unspecified atom stereocenters. The first-order chi connectivity index (χ1) is 9.02. The zero-order chi connectivity index (χ0) is 14.3. The van der Waals surface area contributed by atoms with Crippen LogP contribution in [0.4, 0.5) is 5.69 Å². The summed E-state index contributed by atoms with van der Waals surface area (Å²) in [5, 5.41) is 2.88. The highest BCUT2D eigenvalue weighted by Crippen LogP contribution is 2.13. The van der Waals surface area contributed by atoms with E-state index in [1.54, 1.807) is 0 Å². The second-order valence-electron chi connectivity index (χ2n) is 5.05. The van der Waals surface area contributed by atoms with Gasteiger partial charge in [-0.25, -0.2) is 0 Å². The molecule has 3 nitrogen and oxygen atoms in total. The largest absolute Gasteiger partial charge is 0.328 e. The number of allylic oxidation sites excluding steroid dienone is 1. The van der Waals surface area contributed by atoms with Crippen LogP contribution in [0.15, 0.2) is 42.0 Å². The number of benzene rings is 1. The lowest BCUT2D eigenvalue weighted by Gasteiger charge is -2.13. The van der Waals surface area contributed by atoms with Gasteiger partial charge in [0.25, 0.3) is 5.91 Å². The Bertz CT molecular complexity index is 426. The molecule has 1 aromatic carbocycles. The predicted molar refractivity (Wildman–Crippen MR) is 80.9 cm³/mol. The fraction of sp³-hybridized carbons (Fsp3) is 0.438. The molecule has 0 aliphatic heterocycles. The number of para-hydroxylation sites is 1. The van der Waals surface area contributed by atoms with Gasteiger partial charge >= 0.3 is 0 Å². The molecule has 19 heavy (non-hydrogen) atoms. The van der Waals surface area contributed by atoms with Crippen LogP contribution in [-0.4, -0.2) is 11.9 Å². The summed E-state index contributed by atoms with van der Waals surface area (Å²) >= 11 is 0. The Hall–Kier alpha value is -1.61. The maximum absolute atomic E-state index is 12.0. The van der Waals surface area contributed by atoms with E-state index in [1.165, 1.54) is 0 Å². The number of anilines is 1. The van der Waals surface area contributed by atoms with Crippen LogP contribution >= 0.6 is 0 Å². The van der Waals surface area contributed by atoms with E-state index in [0.29, 0.717) is 5.92 Å². The summed E-state index contributed by atoms with van der Waals surface area (Å²) in [5.41, 5.74) is 7.47. The number of nitrogens with two attached hydrogens (primary N) is 1. The van der Waals surface area contributed by atoms with Crippen LogP contribution in [0.2, 0.25) is 0 Å². The van der Waals surface area contributed by atoms with Crippen molar-refractivity contribution in [1.82, 2.24) is 0 Å². The van der Waals surface area contributed by atoms with Crippen LogP contribution in [0.5, 0.6) is 0 Å². The number of rotatable bonds is 6. The molecule has 0 radical (unpaired) electrons. The molecular weight excluding hydrogens is 236 g/mol. The van der Waals surface area contributed by atoms with Gasteiger partial charge in [0.1, 0.15) is 0 Å². The molecule has 0 saturated heterocycles. The van der Waals surface area contributed by atoms with Gasteiger partial charge in [-0.1, -0.05) is 38.1 Å². The SMILES string of the molecule is CC[C@@H](N)C[C@H](C)/C=C(\C)C(=O)Nc1ccccc1. The van der Waals surface area contributed by atoms with Crippen molar-refractivity contribution in [3.63, 3.8) is 0 Å². The molecule has 1 amide bonds. The van der Waals surface area contributed by atoms with Crippen molar-refractivity contribution in [1.29, 1.82) is 0 Å². The van der Waals surface area contributed by atoms with E-state index in [9.17, 15) is 4.79 Å². The van der Waals surface area contributed by atoms with Crippen LogP contribution in [0, 0.1) is 5.92 Å². The molecule has 0 aliphatic rings. The Balaban J connectivity index is 2.56. The second-order valence-corrected chi connectivity index (χ2v) is 5.05. The molecule has 0 saturated carbocycles. The molecule has 2 atom stereocenters. The topological polar surface area (TPSA) is 55.1 Å². The summed E-state index contributed by atoms with van der Waals surface area (Å²) in [4.78, 5) is 12.0. The van der Waals surface area contributed by atoms with Gasteiger partial charge < -0.3 is 11.1 Å². The zero-order valence-corrected chi connectivity index (χ0v) is 12.0. The summed E-state index contributed by atoms with van der Waals surface area (Å²) in [7, 11) is 0. The lowest BCUT2D eigenvalue weighted by atomic mass is 9.98. The summed E-state index contributed by atoms with van der Waals surface area (Å²) < 4.78 is 0. The van der Waals surface area contributed by atoms with Gasteiger partial charge in [-0.15, -0.1) is 0 Å². The minimum atomic E-state index is -0.0527. The van der Waals surface area contributed by atoms with Crippen molar-refractivity contribution >= 4 is 11.6 Å². The summed E-state index contributed by atoms with van der Waals surface area (Å²) in [6.45, 7) is 6.01. The van der Waals surface area contributed by atoms with Gasteiger partial charge in [0.2, 0.25) is 0 Å². The molecule has 0 fully saturated rings. The van der Waals surface area contributed by atoms with Crippen molar-refractivity contribution in [3.8, 4) is 0 Å². The normalized spacial score (nSPS) is 14.8. The number of carbonyl (C=O) groups excluding carboxylic acids is 1. The maximum atomic E-state index is 12.0. The fourth-order valence-corrected chi connectivity index (χ4v) is 1.97. The van der Waals surface area contributed by atoms with E-state index in [0.717, 1.165) is 24.1 Å². The minimum Gasteiger partial charge on any atom is -0.328 e. The van der Waals surface area contributed by atoms with E-state index < -0.39 is 0 Å². The molecule has 0 spiro atoms. The maximum Gasteiger partial charge on any atom is 0.250 e. The molecule has 1 rings (SSSR count). The van der Waals surface area contributed by atoms with Crippen LogP contribution in [0.1, 0.15) is 33.6 Å². The summed E-state index contributed by atoms with van der Waals surface area (Å²) in [6.07, 6.45) is 3.87. The first-order valence-corrected chi connectivity index (χ1v) is 6.83. The molecule has 3 N–H and O–H groups in total. The summed E-state index contributed by atoms with van der Waals surface area (Å²) in [6, 6.07) is 9.68. The first kappa shape index (κ1) is 15.4. The van der Waals surface area contributed by atoms with Crippen molar-refractivity contribution in [2.24, 2.45) is 11.7 Å². The minimum absolute atomic E-state index is 0.0527. The average molecular weight is 260 g/mol. The molecule has 0 aromatic heterocycles. The van der Waals surface area contributed by atoms with Gasteiger partial charge in [-0.2, -0.15) is 0 Å². The van der Waals surface area contributed by atoms with E-state index in [-0.39, 0.29) is 11.9 Å². The van der Waals surface area contributed by atoms with Gasteiger partial charge in [0.05, 0.1) is 0 Å². The monoisotopic (exact) mass is 260 g/mol. The highest BCUT2D eigenvalue weighted by molar-refractivity contribution is 6.03. The van der Waals surface area contributed by atoms with Gasteiger partial charge in [0, 0.05) is 17.3 Å². The average Bonchev–Trinajstić information content (AvgIpc) is 2.39. The number of carbonyl (C=O) groups is 1. The van der Waals surface area contributed by atoms with E-state index in [1.807, 2.05) is 43.3 Å². The lowest BCUT2D eigenvalue weighted by Crippen LogP contribution is -2.21. The van der Waals surface area contributed by atoms with Gasteiger partial charge in [0.15, 0.2) is 0 Å². The molecule has 3 heteroatoms. The Labute approximate surface area is 115 Å². The van der Waals surface area contributed by atoms with Crippen LogP contribution in [0.3, 0.4) is 0 Å². The van der Waals surface area contributed by atoms with Crippen molar-refractivity contribution in [3.05, 3.63) is 42.0 Å². The third kappa shape index (κ3) is 5.71. The highest BCUT2D eigenvalue weighted by atomic mass is 16.1. The van der Waals surface area contributed by atoms with Gasteiger partial charge in [-0.05, 0) is 37.8 Å². The summed E-state index contributed by atoms with van der Waals surface area (Å²) in [5.74, 6) is 0.264. The highest BCUT2D eigenvalue weighted by Gasteiger charge is 2.09. The second kappa shape index (κ2) is 7.74. The lowest BCUT2D eigenvalue weighted by molar-refractivity contribution is -0.112. The quantitative estimate of drug-likeness (QED) is 0.771. The van der Waals surface area contributed by atoms with Crippen LogP contribution in [0.25, 0.3) is 0 Å². The van der Waals surface area contributed by atoms with E-state index >= 15 is 0 Å². The van der Waals surface area contributed by atoms with Crippen molar-refractivity contribution in [2.75, 3.05) is 5.32 Å². The Kier molecular flexibility index (Phi) is 6.30. The van der Waals surface area contributed by atoms with Crippen LogP contribution < -0.4 is 11.1 Å². The number of amides is 1. The third-order valence-corrected chi connectivity index (χ3v) is 3.12. The third-order valence-electron chi connectivity index (χ3n) is 3.12. The number of hydrogen-bond donors (Lipinski definition) is 2. The zero-order valence-electron chi connectivity index (χ0n) is 12.0. The van der Waals surface area contributed by atoms with Crippen LogP contribution in [-0.2, 0) is 4.79 Å². The predicted octanol–water partition coefficient (Wildman–Crippen LogP) is 3.33. The molecule has 0 bridgehead atoms. The molecule has 104 valence electrons. The Morgan fingerprint density at radius 3 is 2.58 bits per heavy atom. The van der Waals surface area contributed by atoms with Crippen molar-refractivity contribution < 1.29 is 4.79 Å². The smallest absolute Gasteiger partial charge is 0.250 e. The number of nitrogens with one attached hydrogen (secondary N) is 1. The standard InChI is InChI=1S/C16H24N2O/c1-4-14(17)11-12(2)10-13(3)16(19)18-15-8-6-5-7-9-15/h5-10,12,14H,4,11,17H2,1-3H3,(H,18,19)/b13-10+/t12-,14-/m1/s1. The van der Waals surface area contributed by atoms with E-state index in [4.69, 9.17) is 5.73 Å². The Morgan fingerprint density at radius 1 is 1.37 bits per heavy atom. The molecule has 0 heterocycles. The Morgan fingerprint density at radius 2 is 2.00 bits per heavy atom. The van der Waals surface area contributed by atoms with Crippen molar-refractivity contribution in [2.45, 2.75) is 39.7 Å².